The highest BCUT2D eigenvalue weighted by Gasteiger charge is 1.83. The first kappa shape index (κ1) is 7.72. The average Bonchev–Trinajstić information content (AvgIpc) is 1.85. The fraction of sp³-hybridized carbons (Fsp3) is 0.429. The molecule has 0 aromatic heterocycles. The van der Waals surface area contributed by atoms with Crippen LogP contribution in [0, 0.1) is 22.7 Å². The van der Waals surface area contributed by atoms with Gasteiger partial charge < -0.3 is 0 Å². The summed E-state index contributed by atoms with van der Waals surface area (Å²) in [6.07, 6.45) is 2.61. The van der Waals surface area contributed by atoms with Gasteiger partial charge in [0.05, 0.1) is 25.0 Å². The molecule has 0 N–H and O–H groups in total. The SMILES string of the molecule is CC(=CCC#N)CC#N. The summed E-state index contributed by atoms with van der Waals surface area (Å²) in [5.74, 6) is 0. The minimum Gasteiger partial charge on any atom is -0.198 e. The molecule has 0 unspecified atom stereocenters. The van der Waals surface area contributed by atoms with Gasteiger partial charge in [-0.15, -0.1) is 0 Å². The van der Waals surface area contributed by atoms with Crippen LogP contribution < -0.4 is 0 Å². The Hall–Kier alpha value is -1.28. The topological polar surface area (TPSA) is 47.6 Å². The molecule has 0 heterocycles. The quantitative estimate of drug-likeness (QED) is 0.521. The summed E-state index contributed by atoms with van der Waals surface area (Å²) >= 11 is 0. The second kappa shape index (κ2) is 4.87. The molecule has 0 radical (unpaired) electrons. The highest BCUT2D eigenvalue weighted by Crippen LogP contribution is 1.98. The van der Waals surface area contributed by atoms with E-state index in [-0.39, 0.29) is 0 Å². The first-order valence-electron chi connectivity index (χ1n) is 2.70. The van der Waals surface area contributed by atoms with Crippen molar-refractivity contribution in [3.8, 4) is 12.1 Å². The molecule has 46 valence electrons. The summed E-state index contributed by atoms with van der Waals surface area (Å²) in [5.41, 5.74) is 0.971. The molecule has 0 aliphatic carbocycles. The van der Waals surface area contributed by atoms with E-state index < -0.39 is 0 Å². The van der Waals surface area contributed by atoms with Gasteiger partial charge in [0, 0.05) is 0 Å². The lowest BCUT2D eigenvalue weighted by Crippen LogP contribution is -1.71. The molecule has 2 heteroatoms. The Morgan fingerprint density at radius 1 is 1.44 bits per heavy atom. The summed E-state index contributed by atoms with van der Waals surface area (Å²) in [7, 11) is 0. The first-order chi connectivity index (χ1) is 4.31. The Bertz CT molecular complexity index is 178. The van der Waals surface area contributed by atoms with Gasteiger partial charge >= 0.3 is 0 Å². The summed E-state index contributed by atoms with van der Waals surface area (Å²) in [5, 5.41) is 16.3. The highest BCUT2D eigenvalue weighted by atomic mass is 14.2. The summed E-state index contributed by atoms with van der Waals surface area (Å²) in [4.78, 5) is 0. The van der Waals surface area contributed by atoms with Crippen molar-refractivity contribution >= 4 is 0 Å². The van der Waals surface area contributed by atoms with Crippen molar-refractivity contribution in [1.82, 2.24) is 0 Å². The van der Waals surface area contributed by atoms with Gasteiger partial charge in [-0.25, -0.2) is 0 Å². The van der Waals surface area contributed by atoms with Crippen LogP contribution in [0.5, 0.6) is 0 Å². The van der Waals surface area contributed by atoms with E-state index in [1.54, 1.807) is 6.08 Å². The molecular formula is C7H8N2. The number of nitrogens with zero attached hydrogens (tertiary/aromatic N) is 2. The van der Waals surface area contributed by atoms with Crippen molar-refractivity contribution in [3.05, 3.63) is 11.6 Å². The van der Waals surface area contributed by atoms with Gasteiger partial charge in [0.1, 0.15) is 0 Å². The zero-order valence-corrected chi connectivity index (χ0v) is 5.39. The summed E-state index contributed by atoms with van der Waals surface area (Å²) in [6.45, 7) is 1.85. The molecule has 0 aromatic carbocycles. The van der Waals surface area contributed by atoms with E-state index >= 15 is 0 Å². The Labute approximate surface area is 55.0 Å². The zero-order chi connectivity index (χ0) is 7.11. The Morgan fingerprint density at radius 3 is 2.56 bits per heavy atom. The molecule has 0 aliphatic rings. The zero-order valence-electron chi connectivity index (χ0n) is 5.39. The van der Waals surface area contributed by atoms with E-state index in [0.29, 0.717) is 12.8 Å². The van der Waals surface area contributed by atoms with Gasteiger partial charge in [0.15, 0.2) is 0 Å². The molecule has 0 fully saturated rings. The number of nitriles is 2. The van der Waals surface area contributed by atoms with Gasteiger partial charge in [0.25, 0.3) is 0 Å². The van der Waals surface area contributed by atoms with E-state index in [9.17, 15) is 0 Å². The standard InChI is InChI=1S/C7H8N2/c1-7(4-6-9)3-2-5-8/h3H,2,4H2,1H3. The summed E-state index contributed by atoms with van der Waals surface area (Å²) in [6, 6.07) is 3.97. The number of hydrogen-bond acceptors (Lipinski definition) is 2. The fourth-order valence-electron chi connectivity index (χ4n) is 0.417. The van der Waals surface area contributed by atoms with Crippen LogP contribution in [0.4, 0.5) is 0 Å². The summed E-state index contributed by atoms with van der Waals surface area (Å²) < 4.78 is 0. The van der Waals surface area contributed by atoms with E-state index in [1.807, 2.05) is 19.1 Å². The van der Waals surface area contributed by atoms with Gasteiger partial charge in [0.2, 0.25) is 0 Å². The molecule has 0 saturated heterocycles. The largest absolute Gasteiger partial charge is 0.198 e. The lowest BCUT2D eigenvalue weighted by atomic mass is 10.2. The minimum absolute atomic E-state index is 0.410. The van der Waals surface area contributed by atoms with Gasteiger partial charge in [-0.1, -0.05) is 11.6 Å². The maximum absolute atomic E-state index is 8.16. The molecule has 9 heavy (non-hydrogen) atoms. The van der Waals surface area contributed by atoms with Crippen molar-refractivity contribution < 1.29 is 0 Å². The molecule has 2 nitrogen and oxygen atoms in total. The van der Waals surface area contributed by atoms with Crippen molar-refractivity contribution in [1.29, 1.82) is 10.5 Å². The Kier molecular flexibility index (Phi) is 4.18. The smallest absolute Gasteiger partial charge is 0.0666 e. The number of rotatable bonds is 2. The van der Waals surface area contributed by atoms with Crippen LogP contribution in [0.2, 0.25) is 0 Å². The van der Waals surface area contributed by atoms with Gasteiger partial charge in [-0.05, 0) is 6.92 Å². The van der Waals surface area contributed by atoms with E-state index in [2.05, 4.69) is 0 Å². The predicted molar refractivity (Wildman–Crippen MR) is 34.2 cm³/mol. The van der Waals surface area contributed by atoms with E-state index in [1.165, 1.54) is 0 Å². The van der Waals surface area contributed by atoms with Crippen molar-refractivity contribution in [3.63, 3.8) is 0 Å². The van der Waals surface area contributed by atoms with E-state index in [0.717, 1.165) is 5.57 Å². The van der Waals surface area contributed by atoms with Crippen molar-refractivity contribution in [2.24, 2.45) is 0 Å². The van der Waals surface area contributed by atoms with E-state index in [4.69, 9.17) is 10.5 Å². The van der Waals surface area contributed by atoms with Gasteiger partial charge in [-0.2, -0.15) is 10.5 Å². The van der Waals surface area contributed by atoms with Crippen molar-refractivity contribution in [2.45, 2.75) is 19.8 Å². The van der Waals surface area contributed by atoms with Crippen LogP contribution >= 0.6 is 0 Å². The van der Waals surface area contributed by atoms with Crippen LogP contribution in [0.25, 0.3) is 0 Å². The third kappa shape index (κ3) is 4.58. The normalized spacial score (nSPS) is 9.89. The molecule has 0 rings (SSSR count). The third-order valence-corrected chi connectivity index (χ3v) is 0.900. The maximum atomic E-state index is 8.16. The highest BCUT2D eigenvalue weighted by molar-refractivity contribution is 5.06. The number of allylic oxidation sites excluding steroid dienone is 2. The monoisotopic (exact) mass is 120 g/mol. The molecule has 0 spiro atoms. The van der Waals surface area contributed by atoms with Crippen LogP contribution in [0.1, 0.15) is 19.8 Å². The van der Waals surface area contributed by atoms with Gasteiger partial charge in [-0.3, -0.25) is 0 Å². The molecule has 0 aromatic rings. The molecule has 0 atom stereocenters. The van der Waals surface area contributed by atoms with Crippen LogP contribution in [0.15, 0.2) is 11.6 Å². The predicted octanol–water partition coefficient (Wildman–Crippen LogP) is 1.76. The molecule has 0 bridgehead atoms. The Balaban J connectivity index is 3.62. The second-order valence-corrected chi connectivity index (χ2v) is 1.75. The average molecular weight is 120 g/mol. The van der Waals surface area contributed by atoms with Crippen molar-refractivity contribution in [2.75, 3.05) is 0 Å². The number of hydrogen-bond donors (Lipinski definition) is 0. The van der Waals surface area contributed by atoms with Crippen LogP contribution in [-0.2, 0) is 0 Å². The molecule has 0 saturated carbocycles. The fourth-order valence-corrected chi connectivity index (χ4v) is 0.417. The third-order valence-electron chi connectivity index (χ3n) is 0.900. The lowest BCUT2D eigenvalue weighted by molar-refractivity contribution is 1.17. The first-order valence-corrected chi connectivity index (χ1v) is 2.70. The lowest BCUT2D eigenvalue weighted by Gasteiger charge is -1.85. The van der Waals surface area contributed by atoms with Crippen LogP contribution in [0.3, 0.4) is 0 Å². The Morgan fingerprint density at radius 2 is 2.11 bits per heavy atom. The maximum Gasteiger partial charge on any atom is 0.0666 e. The molecular weight excluding hydrogens is 112 g/mol. The minimum atomic E-state index is 0.410. The molecule has 0 aliphatic heterocycles. The molecule has 0 amide bonds. The second-order valence-electron chi connectivity index (χ2n) is 1.75. The van der Waals surface area contributed by atoms with Crippen LogP contribution in [-0.4, -0.2) is 0 Å².